The van der Waals surface area contributed by atoms with E-state index in [1.54, 1.807) is 25.3 Å². The Morgan fingerprint density at radius 3 is 2.90 bits per heavy atom. The van der Waals surface area contributed by atoms with Gasteiger partial charge in [0.1, 0.15) is 11.8 Å². The molecule has 0 radical (unpaired) electrons. The number of urea groups is 1. The minimum absolute atomic E-state index is 0.0287. The Kier molecular flexibility index (Phi) is 4.64. The lowest BCUT2D eigenvalue weighted by Crippen LogP contribution is -2.45. The van der Waals surface area contributed by atoms with Crippen LogP contribution in [0.2, 0.25) is 0 Å². The number of methoxy groups -OCH3 is 1. The maximum Gasteiger partial charge on any atom is 0.326 e. The lowest BCUT2D eigenvalue weighted by Gasteiger charge is -2.21. The van der Waals surface area contributed by atoms with Gasteiger partial charge in [0, 0.05) is 19.5 Å². The molecule has 114 valence electrons. The van der Waals surface area contributed by atoms with Crippen molar-refractivity contribution in [1.82, 2.24) is 10.2 Å². The van der Waals surface area contributed by atoms with Gasteiger partial charge in [0.2, 0.25) is 0 Å². The Balaban J connectivity index is 1.96. The number of likely N-dealkylation sites (tertiary alicyclic amines) is 1. The van der Waals surface area contributed by atoms with Crippen LogP contribution in [0.3, 0.4) is 0 Å². The van der Waals surface area contributed by atoms with Gasteiger partial charge >= 0.3 is 12.0 Å². The molecular formula is C14H18N2O5. The van der Waals surface area contributed by atoms with Crippen LogP contribution in [-0.2, 0) is 11.3 Å². The number of carbonyl (C=O) groups excluding carboxylic acids is 1. The van der Waals surface area contributed by atoms with E-state index in [1.165, 1.54) is 0 Å². The number of hydrogen-bond acceptors (Lipinski definition) is 4. The van der Waals surface area contributed by atoms with Crippen LogP contribution in [0.4, 0.5) is 4.79 Å². The van der Waals surface area contributed by atoms with Crippen LogP contribution in [0.1, 0.15) is 12.0 Å². The van der Waals surface area contributed by atoms with Gasteiger partial charge in [-0.1, -0.05) is 12.1 Å². The third-order valence-electron chi connectivity index (χ3n) is 3.40. The molecule has 1 aliphatic rings. The van der Waals surface area contributed by atoms with Crippen LogP contribution >= 0.6 is 0 Å². The second kappa shape index (κ2) is 6.45. The second-order valence-corrected chi connectivity index (χ2v) is 4.91. The Labute approximate surface area is 122 Å². The maximum atomic E-state index is 12.0. The van der Waals surface area contributed by atoms with Gasteiger partial charge in [-0.15, -0.1) is 0 Å². The fourth-order valence-electron chi connectivity index (χ4n) is 2.33. The van der Waals surface area contributed by atoms with E-state index in [1.807, 2.05) is 6.07 Å². The van der Waals surface area contributed by atoms with Crippen molar-refractivity contribution in [2.24, 2.45) is 0 Å². The minimum atomic E-state index is -1.11. The molecule has 0 bridgehead atoms. The summed E-state index contributed by atoms with van der Waals surface area (Å²) < 4.78 is 5.09. The zero-order valence-corrected chi connectivity index (χ0v) is 11.7. The molecule has 1 aromatic rings. The number of aliphatic hydroxyl groups excluding tert-OH is 1. The molecule has 2 rings (SSSR count). The third-order valence-corrected chi connectivity index (χ3v) is 3.40. The van der Waals surface area contributed by atoms with Crippen molar-refractivity contribution in [3.63, 3.8) is 0 Å². The minimum Gasteiger partial charge on any atom is -0.497 e. The lowest BCUT2D eigenvalue weighted by molar-refractivity contribution is -0.141. The number of amides is 2. The average Bonchev–Trinajstić information content (AvgIpc) is 2.87. The summed E-state index contributed by atoms with van der Waals surface area (Å²) in [6.45, 7) is 0.288. The predicted octanol–water partition coefficient (Wildman–Crippen LogP) is 0.425. The number of β-amino-alcohol motifs (C(OH)–C–C–N with tert-alkyl or cyclic N) is 1. The van der Waals surface area contributed by atoms with E-state index < -0.39 is 24.1 Å². The van der Waals surface area contributed by atoms with Crippen LogP contribution in [0, 0.1) is 0 Å². The summed E-state index contributed by atoms with van der Waals surface area (Å²) in [6, 6.07) is 5.74. The first kappa shape index (κ1) is 15.1. The zero-order chi connectivity index (χ0) is 15.4. The van der Waals surface area contributed by atoms with Gasteiger partial charge in [-0.2, -0.15) is 0 Å². The average molecular weight is 294 g/mol. The number of ether oxygens (including phenoxy) is 1. The molecule has 1 fully saturated rings. The molecule has 1 saturated heterocycles. The van der Waals surface area contributed by atoms with Crippen LogP contribution in [0.5, 0.6) is 5.75 Å². The molecule has 2 amide bonds. The molecule has 1 aromatic carbocycles. The number of carboxylic acid groups (broad SMARTS) is 1. The predicted molar refractivity (Wildman–Crippen MR) is 74.0 cm³/mol. The monoisotopic (exact) mass is 294 g/mol. The summed E-state index contributed by atoms with van der Waals surface area (Å²) in [6.07, 6.45) is -0.740. The standard InChI is InChI=1S/C14H18N2O5/c1-21-11-4-2-3-9(5-11)7-15-14(20)16-8-10(17)6-12(16)13(18)19/h2-5,10,12,17H,6-8H2,1H3,(H,15,20)(H,18,19)/t10-,12+/m1/s1. The molecule has 2 atom stereocenters. The Bertz CT molecular complexity index is 534. The van der Waals surface area contributed by atoms with E-state index in [-0.39, 0.29) is 19.5 Å². The number of aliphatic carboxylic acids is 1. The number of nitrogens with zero attached hydrogens (tertiary/aromatic N) is 1. The highest BCUT2D eigenvalue weighted by Crippen LogP contribution is 2.18. The largest absolute Gasteiger partial charge is 0.497 e. The number of aliphatic hydroxyl groups is 1. The fraction of sp³-hybridized carbons (Fsp3) is 0.429. The van der Waals surface area contributed by atoms with Crippen LogP contribution in [-0.4, -0.2) is 52.9 Å². The molecule has 1 heterocycles. The van der Waals surface area contributed by atoms with Crippen molar-refractivity contribution >= 4 is 12.0 Å². The quantitative estimate of drug-likeness (QED) is 0.747. The summed E-state index contributed by atoms with van der Waals surface area (Å²) in [7, 11) is 1.56. The zero-order valence-electron chi connectivity index (χ0n) is 11.7. The number of nitrogens with one attached hydrogen (secondary N) is 1. The number of rotatable bonds is 4. The molecule has 7 heteroatoms. The molecule has 21 heavy (non-hydrogen) atoms. The molecule has 0 aromatic heterocycles. The number of carbonyl (C=O) groups is 2. The van der Waals surface area contributed by atoms with E-state index in [2.05, 4.69) is 5.32 Å². The van der Waals surface area contributed by atoms with Crippen molar-refractivity contribution < 1.29 is 24.5 Å². The molecule has 7 nitrogen and oxygen atoms in total. The highest BCUT2D eigenvalue weighted by Gasteiger charge is 2.38. The van der Waals surface area contributed by atoms with Gasteiger partial charge < -0.3 is 25.2 Å². The number of benzene rings is 1. The molecular weight excluding hydrogens is 276 g/mol. The topological polar surface area (TPSA) is 99.1 Å². The first-order valence-corrected chi connectivity index (χ1v) is 6.59. The van der Waals surface area contributed by atoms with Gasteiger partial charge in [-0.05, 0) is 17.7 Å². The van der Waals surface area contributed by atoms with E-state index >= 15 is 0 Å². The van der Waals surface area contributed by atoms with Crippen molar-refractivity contribution in [1.29, 1.82) is 0 Å². The molecule has 1 aliphatic heterocycles. The Morgan fingerprint density at radius 2 is 2.24 bits per heavy atom. The first-order chi connectivity index (χ1) is 10.0. The molecule has 0 unspecified atom stereocenters. The molecule has 3 N–H and O–H groups in total. The second-order valence-electron chi connectivity index (χ2n) is 4.91. The maximum absolute atomic E-state index is 12.0. The van der Waals surface area contributed by atoms with E-state index in [0.717, 1.165) is 10.5 Å². The van der Waals surface area contributed by atoms with Gasteiger partial charge in [-0.25, -0.2) is 9.59 Å². The van der Waals surface area contributed by atoms with Gasteiger partial charge in [0.15, 0.2) is 0 Å². The SMILES string of the molecule is COc1cccc(CNC(=O)N2C[C@H](O)C[C@H]2C(=O)O)c1. The third kappa shape index (κ3) is 3.63. The summed E-state index contributed by atoms with van der Waals surface area (Å²) in [5.41, 5.74) is 0.842. The summed E-state index contributed by atoms with van der Waals surface area (Å²) in [5.74, 6) is -0.426. The summed E-state index contributed by atoms with van der Waals surface area (Å²) in [4.78, 5) is 24.3. The van der Waals surface area contributed by atoms with Crippen molar-refractivity contribution in [3.8, 4) is 5.75 Å². The van der Waals surface area contributed by atoms with E-state index in [0.29, 0.717) is 5.75 Å². The molecule has 0 saturated carbocycles. The van der Waals surface area contributed by atoms with Crippen molar-refractivity contribution in [3.05, 3.63) is 29.8 Å². The van der Waals surface area contributed by atoms with E-state index in [9.17, 15) is 14.7 Å². The van der Waals surface area contributed by atoms with Gasteiger partial charge in [0.25, 0.3) is 0 Å². The lowest BCUT2D eigenvalue weighted by atomic mass is 10.2. The Morgan fingerprint density at radius 1 is 1.48 bits per heavy atom. The summed E-state index contributed by atoms with van der Waals surface area (Å²) in [5, 5.41) is 21.2. The fourth-order valence-corrected chi connectivity index (χ4v) is 2.33. The van der Waals surface area contributed by atoms with Crippen LogP contribution < -0.4 is 10.1 Å². The van der Waals surface area contributed by atoms with Gasteiger partial charge in [0.05, 0.1) is 13.2 Å². The first-order valence-electron chi connectivity index (χ1n) is 6.59. The molecule has 0 aliphatic carbocycles. The van der Waals surface area contributed by atoms with Crippen LogP contribution in [0.15, 0.2) is 24.3 Å². The van der Waals surface area contributed by atoms with Crippen LogP contribution in [0.25, 0.3) is 0 Å². The normalized spacial score (nSPS) is 21.1. The number of carboxylic acids is 1. The molecule has 0 spiro atoms. The van der Waals surface area contributed by atoms with Crippen molar-refractivity contribution in [2.75, 3.05) is 13.7 Å². The highest BCUT2D eigenvalue weighted by atomic mass is 16.5. The smallest absolute Gasteiger partial charge is 0.326 e. The number of hydrogen-bond donors (Lipinski definition) is 3. The van der Waals surface area contributed by atoms with Crippen molar-refractivity contribution in [2.45, 2.75) is 25.1 Å². The highest BCUT2D eigenvalue weighted by molar-refractivity contribution is 5.83. The van der Waals surface area contributed by atoms with E-state index in [4.69, 9.17) is 9.84 Å². The Hall–Kier alpha value is -2.28. The van der Waals surface area contributed by atoms with Gasteiger partial charge in [-0.3, -0.25) is 0 Å². The summed E-state index contributed by atoms with van der Waals surface area (Å²) >= 11 is 0.